The number of nitrogens with one attached hydrogen (secondary N) is 1. The Morgan fingerprint density at radius 1 is 0.941 bits per heavy atom. The van der Waals surface area contributed by atoms with Gasteiger partial charge in [0.25, 0.3) is 5.91 Å². The maximum atomic E-state index is 13.5. The van der Waals surface area contributed by atoms with Crippen molar-refractivity contribution in [2.75, 3.05) is 4.90 Å². The number of halogens is 2. The number of hydrogen-bond donors (Lipinski definition) is 1. The third-order valence-electron chi connectivity index (χ3n) is 5.22. The van der Waals surface area contributed by atoms with Crippen molar-refractivity contribution in [2.45, 2.75) is 18.2 Å². The third-order valence-corrected chi connectivity index (χ3v) is 6.48. The average Bonchev–Trinajstić information content (AvgIpc) is 3.16. The molecule has 1 atom stereocenters. The molecule has 0 radical (unpaired) electrons. The number of anilines is 1. The van der Waals surface area contributed by atoms with Crippen LogP contribution >= 0.6 is 11.8 Å². The second kappa shape index (κ2) is 10.3. The Morgan fingerprint density at radius 2 is 1.56 bits per heavy atom. The molecule has 0 aromatic heterocycles. The minimum atomic E-state index is -0.643. The maximum Gasteiger partial charge on any atom is 0.264 e. The number of benzene rings is 3. The number of rotatable bonds is 6. The molecule has 0 unspecified atom stereocenters. The molecule has 0 bridgehead atoms. The molecule has 1 fully saturated rings. The smallest absolute Gasteiger partial charge is 0.264 e. The zero-order valence-electron chi connectivity index (χ0n) is 17.9. The summed E-state index contributed by atoms with van der Waals surface area (Å²) in [7, 11) is 0. The van der Waals surface area contributed by atoms with Gasteiger partial charge in [-0.05, 0) is 53.9 Å². The van der Waals surface area contributed by atoms with Crippen LogP contribution in [0.25, 0.3) is 0 Å². The molecule has 0 spiro atoms. The maximum absolute atomic E-state index is 13.5. The number of amides is 2. The molecule has 1 N–H and O–H groups in total. The molecule has 3 aromatic rings. The molecule has 0 saturated carbocycles. The van der Waals surface area contributed by atoms with Crippen molar-refractivity contribution in [1.29, 1.82) is 5.26 Å². The van der Waals surface area contributed by atoms with Crippen LogP contribution in [0.2, 0.25) is 0 Å². The molecule has 3 aromatic carbocycles. The zero-order chi connectivity index (χ0) is 24.1. The highest BCUT2D eigenvalue weighted by Gasteiger charge is 2.40. The van der Waals surface area contributed by atoms with Crippen molar-refractivity contribution in [3.8, 4) is 6.07 Å². The standard InChI is InChI=1S/C26H19F2N3O2S/c27-19-8-6-17(7-9-19)14-23-25(33)31(21-12-10-20(28)11-13-21)26(34-23)22(15-29)24(32)30-16-18-4-2-1-3-5-18/h1-13,23H,14,16H2,(H,30,32)/b26-22-/t23-/m1/s1. The van der Waals surface area contributed by atoms with E-state index in [1.807, 2.05) is 36.4 Å². The molecule has 5 nitrogen and oxygen atoms in total. The lowest BCUT2D eigenvalue weighted by Gasteiger charge is -2.18. The molecule has 1 aliphatic heterocycles. The van der Waals surface area contributed by atoms with Crippen LogP contribution in [0.4, 0.5) is 14.5 Å². The summed E-state index contributed by atoms with van der Waals surface area (Å²) in [6, 6.07) is 22.2. The highest BCUT2D eigenvalue weighted by molar-refractivity contribution is 8.05. The van der Waals surface area contributed by atoms with Crippen LogP contribution in [-0.2, 0) is 22.6 Å². The summed E-state index contributed by atoms with van der Waals surface area (Å²) in [5.41, 5.74) is 1.73. The van der Waals surface area contributed by atoms with Crippen LogP contribution in [0.1, 0.15) is 11.1 Å². The van der Waals surface area contributed by atoms with Gasteiger partial charge in [-0.15, -0.1) is 0 Å². The molecule has 0 aliphatic carbocycles. The van der Waals surface area contributed by atoms with Crippen molar-refractivity contribution in [2.24, 2.45) is 0 Å². The molecule has 8 heteroatoms. The van der Waals surface area contributed by atoms with Gasteiger partial charge in [-0.1, -0.05) is 54.2 Å². The summed E-state index contributed by atoms with van der Waals surface area (Å²) >= 11 is 1.09. The highest BCUT2D eigenvalue weighted by Crippen LogP contribution is 2.42. The molecular weight excluding hydrogens is 456 g/mol. The van der Waals surface area contributed by atoms with Crippen molar-refractivity contribution in [3.05, 3.63) is 112 Å². The van der Waals surface area contributed by atoms with Crippen molar-refractivity contribution < 1.29 is 18.4 Å². The van der Waals surface area contributed by atoms with E-state index in [1.165, 1.54) is 41.3 Å². The van der Waals surface area contributed by atoms with E-state index in [4.69, 9.17) is 0 Å². The third kappa shape index (κ3) is 5.16. The predicted molar refractivity (Wildman–Crippen MR) is 126 cm³/mol. The van der Waals surface area contributed by atoms with Gasteiger partial charge in [-0.3, -0.25) is 14.5 Å². The lowest BCUT2D eigenvalue weighted by molar-refractivity contribution is -0.117. The first-order valence-corrected chi connectivity index (χ1v) is 11.3. The minimum Gasteiger partial charge on any atom is -0.347 e. The van der Waals surface area contributed by atoms with Crippen LogP contribution in [0, 0.1) is 23.0 Å². The monoisotopic (exact) mass is 475 g/mol. The van der Waals surface area contributed by atoms with Crippen molar-refractivity contribution in [1.82, 2.24) is 5.32 Å². The Morgan fingerprint density at radius 3 is 2.18 bits per heavy atom. The molecular formula is C26H19F2N3O2S. The number of hydrogen-bond acceptors (Lipinski definition) is 4. The molecule has 4 rings (SSSR count). The number of nitriles is 1. The van der Waals surface area contributed by atoms with Crippen LogP contribution in [0.3, 0.4) is 0 Å². The normalized spacial score (nSPS) is 16.8. The lowest BCUT2D eigenvalue weighted by Crippen LogP contribution is -2.32. The summed E-state index contributed by atoms with van der Waals surface area (Å²) in [5, 5.41) is 12.1. The summed E-state index contributed by atoms with van der Waals surface area (Å²) in [5.74, 6) is -1.82. The van der Waals surface area contributed by atoms with Crippen molar-refractivity contribution >= 4 is 29.3 Å². The van der Waals surface area contributed by atoms with E-state index in [1.54, 1.807) is 12.1 Å². The van der Waals surface area contributed by atoms with E-state index in [-0.39, 0.29) is 35.3 Å². The number of thioether (sulfide) groups is 1. The molecule has 1 heterocycles. The van der Waals surface area contributed by atoms with Gasteiger partial charge in [0.05, 0.1) is 5.25 Å². The van der Waals surface area contributed by atoms with Crippen LogP contribution in [-0.4, -0.2) is 17.1 Å². The predicted octanol–water partition coefficient (Wildman–Crippen LogP) is 4.71. The minimum absolute atomic E-state index is 0.178. The number of carbonyl (C=O) groups excluding carboxylic acids is 2. The molecule has 2 amide bonds. The van der Waals surface area contributed by atoms with Gasteiger partial charge in [0, 0.05) is 12.2 Å². The second-order valence-electron chi connectivity index (χ2n) is 7.55. The largest absolute Gasteiger partial charge is 0.347 e. The fourth-order valence-electron chi connectivity index (χ4n) is 3.51. The topological polar surface area (TPSA) is 73.2 Å². The fraction of sp³-hybridized carbons (Fsp3) is 0.115. The van der Waals surface area contributed by atoms with Gasteiger partial charge in [-0.2, -0.15) is 5.26 Å². The van der Waals surface area contributed by atoms with E-state index in [2.05, 4.69) is 5.32 Å². The molecule has 170 valence electrons. The summed E-state index contributed by atoms with van der Waals surface area (Å²) in [4.78, 5) is 27.6. The van der Waals surface area contributed by atoms with Crippen LogP contribution in [0.15, 0.2) is 89.5 Å². The van der Waals surface area contributed by atoms with Gasteiger partial charge in [0.2, 0.25) is 5.91 Å². The average molecular weight is 476 g/mol. The lowest BCUT2D eigenvalue weighted by atomic mass is 10.1. The quantitative estimate of drug-likeness (QED) is 0.414. The first kappa shape index (κ1) is 23.2. The number of nitrogens with zero attached hydrogens (tertiary/aromatic N) is 2. The van der Waals surface area contributed by atoms with Gasteiger partial charge in [-0.25, -0.2) is 8.78 Å². The van der Waals surface area contributed by atoms with E-state index < -0.39 is 17.0 Å². The van der Waals surface area contributed by atoms with Gasteiger partial charge < -0.3 is 5.32 Å². The fourth-order valence-corrected chi connectivity index (χ4v) is 4.82. The van der Waals surface area contributed by atoms with Crippen LogP contribution < -0.4 is 10.2 Å². The van der Waals surface area contributed by atoms with Gasteiger partial charge in [0.15, 0.2) is 0 Å². The Labute approximate surface area is 199 Å². The second-order valence-corrected chi connectivity index (χ2v) is 8.74. The van der Waals surface area contributed by atoms with Crippen molar-refractivity contribution in [3.63, 3.8) is 0 Å². The van der Waals surface area contributed by atoms with Gasteiger partial charge >= 0.3 is 0 Å². The van der Waals surface area contributed by atoms with E-state index in [0.717, 1.165) is 22.9 Å². The summed E-state index contributed by atoms with van der Waals surface area (Å²) < 4.78 is 26.8. The summed E-state index contributed by atoms with van der Waals surface area (Å²) in [6.45, 7) is 0.215. The van der Waals surface area contributed by atoms with E-state index in [0.29, 0.717) is 5.69 Å². The SMILES string of the molecule is N#C/C(C(=O)NCc1ccccc1)=C1/S[C@H](Cc2ccc(F)cc2)C(=O)N1c1ccc(F)cc1. The first-order chi connectivity index (χ1) is 16.5. The molecule has 1 aliphatic rings. The first-order valence-electron chi connectivity index (χ1n) is 10.4. The highest BCUT2D eigenvalue weighted by atomic mass is 32.2. The Kier molecular flexibility index (Phi) is 7.04. The molecule has 34 heavy (non-hydrogen) atoms. The van der Waals surface area contributed by atoms with E-state index >= 15 is 0 Å². The Hall–Kier alpha value is -3.96. The Balaban J connectivity index is 1.66. The van der Waals surface area contributed by atoms with Crippen LogP contribution in [0.5, 0.6) is 0 Å². The Bertz CT molecular complexity index is 1270. The molecule has 1 saturated heterocycles. The number of carbonyl (C=O) groups is 2. The summed E-state index contributed by atoms with van der Waals surface area (Å²) in [6.07, 6.45) is 0.273. The zero-order valence-corrected chi connectivity index (χ0v) is 18.7. The van der Waals surface area contributed by atoms with E-state index in [9.17, 15) is 23.6 Å². The van der Waals surface area contributed by atoms with Gasteiger partial charge in [0.1, 0.15) is 28.3 Å².